The number of aliphatic hydroxyl groups excluding tert-OH is 1. The van der Waals surface area contributed by atoms with Crippen LogP contribution in [0.25, 0.3) is 0 Å². The van der Waals surface area contributed by atoms with E-state index in [1.54, 1.807) is 0 Å². The molecule has 1 aliphatic heterocycles. The van der Waals surface area contributed by atoms with Crippen LogP contribution in [0.5, 0.6) is 0 Å². The van der Waals surface area contributed by atoms with Crippen LogP contribution in [-0.2, 0) is 4.74 Å². The van der Waals surface area contributed by atoms with Gasteiger partial charge in [-0.1, -0.05) is 6.92 Å². The summed E-state index contributed by atoms with van der Waals surface area (Å²) in [5.74, 6) is 0. The summed E-state index contributed by atoms with van der Waals surface area (Å²) in [7, 11) is 0. The number of β-amino-alcohol motifs (C(OH)–C–C–N with tert-alkyl or cyclic N) is 1. The van der Waals surface area contributed by atoms with Crippen molar-refractivity contribution in [3.63, 3.8) is 0 Å². The highest BCUT2D eigenvalue weighted by atomic mass is 16.5. The van der Waals surface area contributed by atoms with Crippen molar-refractivity contribution in [2.24, 2.45) is 0 Å². The topological polar surface area (TPSA) is 32.7 Å². The molecule has 0 aromatic rings. The van der Waals surface area contributed by atoms with E-state index in [0.717, 1.165) is 39.1 Å². The molecule has 2 atom stereocenters. The number of nitrogens with zero attached hydrogens (tertiary/aromatic N) is 1. The van der Waals surface area contributed by atoms with Gasteiger partial charge < -0.3 is 9.84 Å². The minimum absolute atomic E-state index is 0.119. The summed E-state index contributed by atoms with van der Waals surface area (Å²) >= 11 is 0. The van der Waals surface area contributed by atoms with E-state index < -0.39 is 0 Å². The highest BCUT2D eigenvalue weighted by molar-refractivity contribution is 4.83. The fourth-order valence-corrected chi connectivity index (χ4v) is 1.98. The maximum Gasteiger partial charge on any atom is 0.0682 e. The van der Waals surface area contributed by atoms with E-state index in [1.807, 2.05) is 6.92 Å². The van der Waals surface area contributed by atoms with E-state index in [2.05, 4.69) is 11.8 Å². The molecular formula is C10H21NO2. The molecule has 13 heavy (non-hydrogen) atoms. The molecule has 78 valence electrons. The monoisotopic (exact) mass is 187 g/mol. The molecule has 0 radical (unpaired) electrons. The van der Waals surface area contributed by atoms with Crippen molar-refractivity contribution < 1.29 is 9.84 Å². The quantitative estimate of drug-likeness (QED) is 0.648. The Hall–Kier alpha value is -0.120. The third-order valence-corrected chi connectivity index (χ3v) is 2.70. The summed E-state index contributed by atoms with van der Waals surface area (Å²) in [6, 6.07) is 0.565. The lowest BCUT2D eigenvalue weighted by Gasteiger charge is -2.22. The van der Waals surface area contributed by atoms with Gasteiger partial charge >= 0.3 is 0 Å². The van der Waals surface area contributed by atoms with E-state index in [-0.39, 0.29) is 6.10 Å². The van der Waals surface area contributed by atoms with Gasteiger partial charge in [-0.05, 0) is 19.8 Å². The van der Waals surface area contributed by atoms with Gasteiger partial charge in [-0.15, -0.1) is 0 Å². The van der Waals surface area contributed by atoms with Crippen molar-refractivity contribution in [2.75, 3.05) is 26.3 Å². The highest BCUT2D eigenvalue weighted by Gasteiger charge is 2.28. The van der Waals surface area contributed by atoms with Crippen LogP contribution < -0.4 is 0 Å². The van der Waals surface area contributed by atoms with Crippen molar-refractivity contribution in [1.29, 1.82) is 0 Å². The molecule has 1 aliphatic rings. The summed E-state index contributed by atoms with van der Waals surface area (Å²) in [5.41, 5.74) is 0. The normalized spacial score (nSPS) is 29.8. The van der Waals surface area contributed by atoms with Gasteiger partial charge in [-0.3, -0.25) is 4.90 Å². The molecule has 0 unspecified atom stereocenters. The lowest BCUT2D eigenvalue weighted by molar-refractivity contribution is 0.102. The molecule has 1 saturated heterocycles. The standard InChI is InChI=1S/C10H21NO2/c1-3-9-7-10(12)8-11(9)5-6-13-4-2/h9-10,12H,3-8H2,1-2H3/t9-,10-/m1/s1. The van der Waals surface area contributed by atoms with Crippen molar-refractivity contribution in [3.8, 4) is 0 Å². The molecule has 0 aromatic heterocycles. The Labute approximate surface area is 80.7 Å². The van der Waals surface area contributed by atoms with Crippen molar-refractivity contribution in [3.05, 3.63) is 0 Å². The molecule has 3 nitrogen and oxygen atoms in total. The van der Waals surface area contributed by atoms with Crippen LogP contribution in [0.2, 0.25) is 0 Å². The highest BCUT2D eigenvalue weighted by Crippen LogP contribution is 2.19. The van der Waals surface area contributed by atoms with E-state index in [0.29, 0.717) is 6.04 Å². The zero-order valence-corrected chi connectivity index (χ0v) is 8.70. The van der Waals surface area contributed by atoms with E-state index in [1.165, 1.54) is 0 Å². The molecule has 0 spiro atoms. The van der Waals surface area contributed by atoms with Gasteiger partial charge in [-0.25, -0.2) is 0 Å². The Balaban J connectivity index is 2.23. The largest absolute Gasteiger partial charge is 0.392 e. The number of ether oxygens (including phenoxy) is 1. The smallest absolute Gasteiger partial charge is 0.0682 e. The van der Waals surface area contributed by atoms with E-state index in [9.17, 15) is 5.11 Å². The van der Waals surface area contributed by atoms with Gasteiger partial charge in [-0.2, -0.15) is 0 Å². The minimum atomic E-state index is -0.119. The zero-order valence-electron chi connectivity index (χ0n) is 8.70. The maximum absolute atomic E-state index is 9.48. The molecule has 1 rings (SSSR count). The Morgan fingerprint density at radius 3 is 2.85 bits per heavy atom. The third kappa shape index (κ3) is 3.25. The zero-order chi connectivity index (χ0) is 9.68. The maximum atomic E-state index is 9.48. The van der Waals surface area contributed by atoms with E-state index in [4.69, 9.17) is 4.74 Å². The average Bonchev–Trinajstić information content (AvgIpc) is 2.47. The van der Waals surface area contributed by atoms with Crippen LogP contribution in [0.3, 0.4) is 0 Å². The molecular weight excluding hydrogens is 166 g/mol. The minimum Gasteiger partial charge on any atom is -0.392 e. The molecule has 1 heterocycles. The summed E-state index contributed by atoms with van der Waals surface area (Å²) in [5, 5.41) is 9.48. The summed E-state index contributed by atoms with van der Waals surface area (Å²) in [4.78, 5) is 2.33. The predicted octanol–water partition coefficient (Wildman–Crippen LogP) is 0.868. The first kappa shape index (κ1) is 11.0. The lowest BCUT2D eigenvalue weighted by atomic mass is 10.1. The van der Waals surface area contributed by atoms with Crippen LogP contribution in [0.15, 0.2) is 0 Å². The fourth-order valence-electron chi connectivity index (χ4n) is 1.98. The molecule has 0 saturated carbocycles. The number of likely N-dealkylation sites (tertiary alicyclic amines) is 1. The molecule has 1 N–H and O–H groups in total. The molecule has 1 fully saturated rings. The van der Waals surface area contributed by atoms with Gasteiger partial charge in [0.05, 0.1) is 12.7 Å². The third-order valence-electron chi connectivity index (χ3n) is 2.70. The second-order valence-electron chi connectivity index (χ2n) is 3.64. The average molecular weight is 187 g/mol. The predicted molar refractivity (Wildman–Crippen MR) is 52.8 cm³/mol. The molecule has 0 amide bonds. The summed E-state index contributed by atoms with van der Waals surface area (Å²) in [6.45, 7) is 7.55. The Morgan fingerprint density at radius 2 is 2.23 bits per heavy atom. The molecule has 0 bridgehead atoms. The summed E-state index contributed by atoms with van der Waals surface area (Å²) in [6.07, 6.45) is 1.94. The van der Waals surface area contributed by atoms with Gasteiger partial charge in [0.25, 0.3) is 0 Å². The van der Waals surface area contributed by atoms with Crippen LogP contribution in [-0.4, -0.2) is 48.5 Å². The molecule has 0 aromatic carbocycles. The van der Waals surface area contributed by atoms with Crippen LogP contribution in [0.1, 0.15) is 26.7 Å². The number of hydrogen-bond acceptors (Lipinski definition) is 3. The van der Waals surface area contributed by atoms with E-state index >= 15 is 0 Å². The van der Waals surface area contributed by atoms with Crippen LogP contribution in [0, 0.1) is 0 Å². The van der Waals surface area contributed by atoms with Crippen molar-refractivity contribution in [1.82, 2.24) is 4.90 Å². The van der Waals surface area contributed by atoms with Gasteiger partial charge in [0.1, 0.15) is 0 Å². The number of aliphatic hydroxyl groups is 1. The fraction of sp³-hybridized carbons (Fsp3) is 1.00. The Kier molecular flexibility index (Phi) is 4.70. The summed E-state index contributed by atoms with van der Waals surface area (Å²) < 4.78 is 5.30. The SMILES string of the molecule is CCOCCN1C[C@H](O)C[C@H]1CC. The number of rotatable bonds is 5. The Morgan fingerprint density at radius 1 is 1.46 bits per heavy atom. The first-order valence-corrected chi connectivity index (χ1v) is 5.27. The lowest BCUT2D eigenvalue weighted by Crippen LogP contribution is -2.32. The van der Waals surface area contributed by atoms with Gasteiger partial charge in [0, 0.05) is 25.7 Å². The van der Waals surface area contributed by atoms with Crippen LogP contribution in [0.4, 0.5) is 0 Å². The first-order valence-electron chi connectivity index (χ1n) is 5.27. The van der Waals surface area contributed by atoms with Crippen LogP contribution >= 0.6 is 0 Å². The Bertz CT molecular complexity index is 141. The first-order chi connectivity index (χ1) is 6.27. The van der Waals surface area contributed by atoms with Gasteiger partial charge in [0.15, 0.2) is 0 Å². The van der Waals surface area contributed by atoms with Gasteiger partial charge in [0.2, 0.25) is 0 Å². The second-order valence-corrected chi connectivity index (χ2v) is 3.64. The van der Waals surface area contributed by atoms with Crippen molar-refractivity contribution in [2.45, 2.75) is 38.8 Å². The molecule has 0 aliphatic carbocycles. The van der Waals surface area contributed by atoms with Crippen molar-refractivity contribution >= 4 is 0 Å². The molecule has 3 heteroatoms. The second kappa shape index (κ2) is 5.58. The number of hydrogen-bond donors (Lipinski definition) is 1.